The van der Waals surface area contributed by atoms with Crippen molar-refractivity contribution in [1.29, 1.82) is 0 Å². The molecule has 0 aliphatic carbocycles. The van der Waals surface area contributed by atoms with E-state index in [1.807, 2.05) is 11.3 Å². The molecule has 3 heterocycles. The van der Waals surface area contributed by atoms with Gasteiger partial charge in [-0.2, -0.15) is 0 Å². The van der Waals surface area contributed by atoms with Gasteiger partial charge in [-0.15, -0.1) is 11.3 Å². The maximum atomic E-state index is 3.60. The van der Waals surface area contributed by atoms with Crippen LogP contribution in [0.25, 0.3) is 0 Å². The molecule has 16 heavy (non-hydrogen) atoms. The Morgan fingerprint density at radius 1 is 1.44 bits per heavy atom. The van der Waals surface area contributed by atoms with Crippen molar-refractivity contribution in [3.63, 3.8) is 0 Å². The van der Waals surface area contributed by atoms with Crippen molar-refractivity contribution < 1.29 is 0 Å². The molecule has 0 aromatic carbocycles. The Kier molecular flexibility index (Phi) is 3.09. The van der Waals surface area contributed by atoms with Crippen LogP contribution in [-0.4, -0.2) is 31.1 Å². The predicted molar refractivity (Wildman–Crippen MR) is 71.9 cm³/mol. The van der Waals surface area contributed by atoms with Crippen LogP contribution in [0.2, 0.25) is 0 Å². The Morgan fingerprint density at radius 3 is 2.69 bits per heavy atom. The summed E-state index contributed by atoms with van der Waals surface area (Å²) in [6, 6.07) is 2.28. The van der Waals surface area contributed by atoms with Crippen LogP contribution in [-0.2, 0) is 6.54 Å². The largest absolute Gasteiger partial charge is 0.316 e. The van der Waals surface area contributed by atoms with Crippen molar-refractivity contribution in [2.75, 3.05) is 26.2 Å². The van der Waals surface area contributed by atoms with Gasteiger partial charge in [0, 0.05) is 33.9 Å². The summed E-state index contributed by atoms with van der Waals surface area (Å²) in [6.45, 7) is 8.35. The predicted octanol–water partition coefficient (Wildman–Crippen LogP) is 2.47. The molecule has 2 aliphatic rings. The van der Waals surface area contributed by atoms with E-state index in [9.17, 15) is 0 Å². The van der Waals surface area contributed by atoms with Crippen LogP contribution in [0, 0.1) is 18.8 Å². The SMILES string of the molecule is Cc1sc(CN2CC3CNCC3C2)cc1Br. The molecule has 2 fully saturated rings. The number of nitrogens with one attached hydrogen (secondary N) is 1. The molecule has 1 aromatic heterocycles. The van der Waals surface area contributed by atoms with Crippen LogP contribution in [0.15, 0.2) is 10.5 Å². The summed E-state index contributed by atoms with van der Waals surface area (Å²) in [6.07, 6.45) is 0. The number of fused-ring (bicyclic) bond motifs is 1. The molecule has 1 N–H and O–H groups in total. The zero-order valence-electron chi connectivity index (χ0n) is 9.50. The van der Waals surface area contributed by atoms with E-state index in [-0.39, 0.29) is 0 Å². The number of likely N-dealkylation sites (tertiary alicyclic amines) is 1. The van der Waals surface area contributed by atoms with Gasteiger partial charge in [0.05, 0.1) is 0 Å². The second-order valence-electron chi connectivity index (χ2n) is 4.99. The first-order chi connectivity index (χ1) is 7.72. The van der Waals surface area contributed by atoms with Crippen LogP contribution in [0.5, 0.6) is 0 Å². The van der Waals surface area contributed by atoms with E-state index >= 15 is 0 Å². The molecule has 2 aliphatic heterocycles. The highest BCUT2D eigenvalue weighted by Crippen LogP contribution is 2.31. The van der Waals surface area contributed by atoms with Crippen molar-refractivity contribution in [3.8, 4) is 0 Å². The highest BCUT2D eigenvalue weighted by molar-refractivity contribution is 9.10. The Bertz CT molecular complexity index is 359. The average molecular weight is 301 g/mol. The summed E-state index contributed by atoms with van der Waals surface area (Å²) >= 11 is 5.52. The third-order valence-electron chi connectivity index (χ3n) is 3.75. The zero-order valence-corrected chi connectivity index (χ0v) is 11.9. The summed E-state index contributed by atoms with van der Waals surface area (Å²) in [5.41, 5.74) is 0. The Labute approximate surface area is 109 Å². The molecule has 3 rings (SSSR count). The van der Waals surface area contributed by atoms with Crippen LogP contribution in [0.1, 0.15) is 9.75 Å². The molecule has 0 spiro atoms. The molecule has 2 saturated heterocycles. The van der Waals surface area contributed by atoms with Crippen molar-refractivity contribution in [1.82, 2.24) is 10.2 Å². The summed E-state index contributed by atoms with van der Waals surface area (Å²) in [5.74, 6) is 1.81. The van der Waals surface area contributed by atoms with E-state index < -0.39 is 0 Å². The maximum absolute atomic E-state index is 3.60. The fourth-order valence-electron chi connectivity index (χ4n) is 2.90. The van der Waals surface area contributed by atoms with Crippen molar-refractivity contribution in [2.24, 2.45) is 11.8 Å². The molecule has 4 heteroatoms. The molecule has 0 bridgehead atoms. The molecular weight excluding hydrogens is 284 g/mol. The minimum Gasteiger partial charge on any atom is -0.316 e. The molecule has 2 nitrogen and oxygen atoms in total. The van der Waals surface area contributed by atoms with Crippen molar-refractivity contribution in [2.45, 2.75) is 13.5 Å². The van der Waals surface area contributed by atoms with Crippen LogP contribution in [0.3, 0.4) is 0 Å². The second kappa shape index (κ2) is 4.41. The van der Waals surface area contributed by atoms with Gasteiger partial charge in [-0.3, -0.25) is 4.90 Å². The third-order valence-corrected chi connectivity index (χ3v) is 5.87. The molecule has 1 aromatic rings. The summed E-state index contributed by atoms with van der Waals surface area (Å²) in [7, 11) is 0. The Hall–Kier alpha value is 0.100. The molecule has 88 valence electrons. The number of rotatable bonds is 2. The van der Waals surface area contributed by atoms with Gasteiger partial charge in [0.1, 0.15) is 0 Å². The third kappa shape index (κ3) is 2.08. The summed E-state index contributed by atoms with van der Waals surface area (Å²) < 4.78 is 1.27. The van der Waals surface area contributed by atoms with E-state index in [0.29, 0.717) is 0 Å². The van der Waals surface area contributed by atoms with Gasteiger partial charge in [-0.25, -0.2) is 0 Å². The maximum Gasteiger partial charge on any atom is 0.0328 e. The Morgan fingerprint density at radius 2 is 2.12 bits per heavy atom. The number of halogens is 1. The molecule has 2 atom stereocenters. The van der Waals surface area contributed by atoms with Gasteiger partial charge < -0.3 is 5.32 Å². The first-order valence-corrected chi connectivity index (χ1v) is 7.51. The van der Waals surface area contributed by atoms with Gasteiger partial charge in [0.15, 0.2) is 0 Å². The summed E-state index contributed by atoms with van der Waals surface area (Å²) in [4.78, 5) is 5.52. The molecule has 0 saturated carbocycles. The first kappa shape index (κ1) is 11.2. The van der Waals surface area contributed by atoms with Gasteiger partial charge in [-0.1, -0.05) is 0 Å². The highest BCUT2D eigenvalue weighted by atomic mass is 79.9. The normalized spacial score (nSPS) is 29.9. The van der Waals surface area contributed by atoms with Crippen LogP contribution < -0.4 is 5.32 Å². The summed E-state index contributed by atoms with van der Waals surface area (Å²) in [5, 5.41) is 3.49. The standard InChI is InChI=1S/C12H17BrN2S/c1-8-12(13)2-11(16-8)7-15-5-9-3-14-4-10(9)6-15/h2,9-10,14H,3-7H2,1H3. The van der Waals surface area contributed by atoms with Gasteiger partial charge in [0.25, 0.3) is 0 Å². The number of thiophene rings is 1. The highest BCUT2D eigenvalue weighted by Gasteiger charge is 2.35. The Balaban J connectivity index is 1.64. The lowest BCUT2D eigenvalue weighted by molar-refractivity contribution is 0.308. The average Bonchev–Trinajstić information content (AvgIpc) is 2.83. The van der Waals surface area contributed by atoms with Gasteiger partial charge in [0.2, 0.25) is 0 Å². The van der Waals surface area contributed by atoms with Crippen molar-refractivity contribution >= 4 is 27.3 Å². The quantitative estimate of drug-likeness (QED) is 0.903. The lowest BCUT2D eigenvalue weighted by Gasteiger charge is -2.15. The second-order valence-corrected chi connectivity index (χ2v) is 7.18. The fourth-order valence-corrected chi connectivity index (χ4v) is 4.54. The smallest absolute Gasteiger partial charge is 0.0328 e. The number of nitrogens with zero attached hydrogens (tertiary/aromatic N) is 1. The minimum absolute atomic E-state index is 0.907. The molecule has 0 radical (unpaired) electrons. The van der Waals surface area contributed by atoms with Crippen LogP contribution in [0.4, 0.5) is 0 Å². The fraction of sp³-hybridized carbons (Fsp3) is 0.667. The number of aryl methyl sites for hydroxylation is 1. The van der Waals surface area contributed by atoms with E-state index in [1.54, 1.807) is 0 Å². The molecule has 2 unspecified atom stereocenters. The number of hydrogen-bond acceptors (Lipinski definition) is 3. The monoisotopic (exact) mass is 300 g/mol. The topological polar surface area (TPSA) is 15.3 Å². The number of hydrogen-bond donors (Lipinski definition) is 1. The molecular formula is C12H17BrN2S. The first-order valence-electron chi connectivity index (χ1n) is 5.90. The van der Waals surface area contributed by atoms with E-state index in [4.69, 9.17) is 0 Å². The lowest BCUT2D eigenvalue weighted by atomic mass is 10.0. The van der Waals surface area contributed by atoms with E-state index in [1.165, 1.54) is 40.4 Å². The minimum atomic E-state index is 0.907. The lowest BCUT2D eigenvalue weighted by Crippen LogP contribution is -2.25. The van der Waals surface area contributed by atoms with Gasteiger partial charge >= 0.3 is 0 Å². The van der Waals surface area contributed by atoms with Crippen LogP contribution >= 0.6 is 27.3 Å². The van der Waals surface area contributed by atoms with E-state index in [0.717, 1.165) is 18.4 Å². The van der Waals surface area contributed by atoms with Gasteiger partial charge in [-0.05, 0) is 53.8 Å². The zero-order chi connectivity index (χ0) is 11.1. The van der Waals surface area contributed by atoms with Crippen molar-refractivity contribution in [3.05, 3.63) is 20.3 Å². The molecule has 0 amide bonds. The van der Waals surface area contributed by atoms with E-state index in [2.05, 4.69) is 39.1 Å².